The molecule has 0 radical (unpaired) electrons. The standard InChI is InChI=1S/C19H16O5/c20-15(8-5-14-7-10-17(22)19(24)12-14)4-2-1-3-13-6-9-16(21)18(23)11-13/h1-12,21-24H. The molecule has 2 aromatic rings. The molecule has 5 heteroatoms. The second-order valence-corrected chi connectivity index (χ2v) is 4.95. The lowest BCUT2D eigenvalue weighted by molar-refractivity contribution is -0.110. The third-order valence-electron chi connectivity index (χ3n) is 3.10. The normalized spacial score (nSPS) is 11.7. The fourth-order valence-corrected chi connectivity index (χ4v) is 1.84. The molecule has 0 amide bonds. The van der Waals surface area contributed by atoms with E-state index in [4.69, 9.17) is 0 Å². The van der Waals surface area contributed by atoms with Gasteiger partial charge in [-0.15, -0.1) is 0 Å². The monoisotopic (exact) mass is 324 g/mol. The minimum Gasteiger partial charge on any atom is -0.504 e. The zero-order valence-corrected chi connectivity index (χ0v) is 12.6. The van der Waals surface area contributed by atoms with Gasteiger partial charge in [-0.2, -0.15) is 0 Å². The van der Waals surface area contributed by atoms with E-state index >= 15 is 0 Å². The van der Waals surface area contributed by atoms with Crippen LogP contribution in [0.3, 0.4) is 0 Å². The molecule has 0 heterocycles. The van der Waals surface area contributed by atoms with E-state index < -0.39 is 0 Å². The Morgan fingerprint density at radius 3 is 1.75 bits per heavy atom. The van der Waals surface area contributed by atoms with E-state index in [1.807, 2.05) is 0 Å². The van der Waals surface area contributed by atoms with Crippen LogP contribution in [0.1, 0.15) is 11.1 Å². The Hall–Kier alpha value is -3.47. The van der Waals surface area contributed by atoms with Crippen molar-refractivity contribution in [2.75, 3.05) is 0 Å². The maximum atomic E-state index is 11.7. The summed E-state index contributed by atoms with van der Waals surface area (Å²) in [5.74, 6) is -1.12. The maximum absolute atomic E-state index is 11.7. The number of hydrogen-bond donors (Lipinski definition) is 4. The molecule has 0 unspecified atom stereocenters. The molecule has 0 aromatic heterocycles. The molecule has 2 aromatic carbocycles. The summed E-state index contributed by atoms with van der Waals surface area (Å²) in [5.41, 5.74) is 1.26. The topological polar surface area (TPSA) is 98.0 Å². The number of benzene rings is 2. The first-order chi connectivity index (χ1) is 11.5. The molecule has 0 aliphatic carbocycles. The van der Waals surface area contributed by atoms with Gasteiger partial charge in [0, 0.05) is 0 Å². The van der Waals surface area contributed by atoms with Crippen LogP contribution in [-0.2, 0) is 4.79 Å². The summed E-state index contributed by atoms with van der Waals surface area (Å²) in [4.78, 5) is 11.7. The van der Waals surface area contributed by atoms with Crippen LogP contribution in [0.25, 0.3) is 12.2 Å². The summed E-state index contributed by atoms with van der Waals surface area (Å²) in [6, 6.07) is 8.65. The number of aromatic hydroxyl groups is 4. The molecule has 122 valence electrons. The summed E-state index contributed by atoms with van der Waals surface area (Å²) >= 11 is 0. The van der Waals surface area contributed by atoms with E-state index in [2.05, 4.69) is 0 Å². The molecule has 0 aliphatic heterocycles. The number of carbonyl (C=O) groups excluding carboxylic acids is 1. The van der Waals surface area contributed by atoms with Crippen LogP contribution >= 0.6 is 0 Å². The van der Waals surface area contributed by atoms with Crippen molar-refractivity contribution in [2.24, 2.45) is 0 Å². The molecular weight excluding hydrogens is 308 g/mol. The highest BCUT2D eigenvalue weighted by molar-refractivity contribution is 6.02. The van der Waals surface area contributed by atoms with Crippen LogP contribution in [0.15, 0.2) is 60.7 Å². The third kappa shape index (κ3) is 4.78. The van der Waals surface area contributed by atoms with Crippen LogP contribution in [0.5, 0.6) is 23.0 Å². The first-order valence-electron chi connectivity index (χ1n) is 7.06. The lowest BCUT2D eigenvalue weighted by Crippen LogP contribution is -1.84. The zero-order valence-electron chi connectivity index (χ0n) is 12.6. The highest BCUT2D eigenvalue weighted by atomic mass is 16.3. The van der Waals surface area contributed by atoms with Crippen molar-refractivity contribution in [1.82, 2.24) is 0 Å². The van der Waals surface area contributed by atoms with Crippen LogP contribution in [0, 0.1) is 0 Å². The summed E-state index contributed by atoms with van der Waals surface area (Å²) in [7, 11) is 0. The van der Waals surface area contributed by atoms with Gasteiger partial charge in [-0.1, -0.05) is 36.4 Å². The fraction of sp³-hybridized carbons (Fsp3) is 0. The number of allylic oxidation sites excluding steroid dienone is 4. The SMILES string of the molecule is O=C(C=CC=Cc1ccc(O)c(O)c1)C=Cc1ccc(O)c(O)c1. The van der Waals surface area contributed by atoms with Crippen molar-refractivity contribution in [2.45, 2.75) is 0 Å². The third-order valence-corrected chi connectivity index (χ3v) is 3.10. The van der Waals surface area contributed by atoms with E-state index in [9.17, 15) is 25.2 Å². The Balaban J connectivity index is 1.94. The van der Waals surface area contributed by atoms with Gasteiger partial charge in [-0.3, -0.25) is 4.79 Å². The van der Waals surface area contributed by atoms with Crippen molar-refractivity contribution >= 4 is 17.9 Å². The Labute approximate surface area is 138 Å². The van der Waals surface area contributed by atoms with Gasteiger partial charge in [0.25, 0.3) is 0 Å². The average molecular weight is 324 g/mol. The molecular formula is C19H16O5. The Morgan fingerprint density at radius 1 is 0.667 bits per heavy atom. The second kappa shape index (κ2) is 7.69. The lowest BCUT2D eigenvalue weighted by atomic mass is 10.1. The summed E-state index contributed by atoms with van der Waals surface area (Å²) in [6.07, 6.45) is 9.06. The van der Waals surface area contributed by atoms with Gasteiger partial charge >= 0.3 is 0 Å². The highest BCUT2D eigenvalue weighted by Crippen LogP contribution is 2.26. The van der Waals surface area contributed by atoms with Crippen molar-refractivity contribution in [3.8, 4) is 23.0 Å². The average Bonchev–Trinajstić information content (AvgIpc) is 2.56. The zero-order chi connectivity index (χ0) is 17.5. The van der Waals surface area contributed by atoms with Gasteiger partial charge in [-0.05, 0) is 47.5 Å². The van der Waals surface area contributed by atoms with Crippen LogP contribution in [0.4, 0.5) is 0 Å². The van der Waals surface area contributed by atoms with Crippen molar-refractivity contribution in [3.63, 3.8) is 0 Å². The second-order valence-electron chi connectivity index (χ2n) is 4.95. The van der Waals surface area contributed by atoms with E-state index in [0.29, 0.717) is 11.1 Å². The Morgan fingerprint density at radius 2 is 1.21 bits per heavy atom. The molecule has 4 N–H and O–H groups in total. The summed E-state index contributed by atoms with van der Waals surface area (Å²) in [5, 5.41) is 37.1. The maximum Gasteiger partial charge on any atom is 0.178 e. The smallest absolute Gasteiger partial charge is 0.178 e. The van der Waals surface area contributed by atoms with E-state index in [-0.39, 0.29) is 28.8 Å². The molecule has 0 aliphatic rings. The molecule has 0 fully saturated rings. The first-order valence-corrected chi connectivity index (χ1v) is 7.06. The van der Waals surface area contributed by atoms with E-state index in [1.54, 1.807) is 30.4 Å². The van der Waals surface area contributed by atoms with Gasteiger partial charge in [-0.25, -0.2) is 0 Å². The number of phenols is 4. The van der Waals surface area contributed by atoms with E-state index in [1.165, 1.54) is 42.5 Å². The van der Waals surface area contributed by atoms with Gasteiger partial charge in [0.1, 0.15) is 0 Å². The molecule has 2 rings (SSSR count). The number of hydrogen-bond acceptors (Lipinski definition) is 5. The van der Waals surface area contributed by atoms with Gasteiger partial charge < -0.3 is 20.4 Å². The molecule has 0 spiro atoms. The molecule has 5 nitrogen and oxygen atoms in total. The number of carbonyl (C=O) groups is 1. The molecule has 0 bridgehead atoms. The minimum atomic E-state index is -0.250. The number of ketones is 1. The fourth-order valence-electron chi connectivity index (χ4n) is 1.84. The molecule has 0 atom stereocenters. The van der Waals surface area contributed by atoms with Gasteiger partial charge in [0.15, 0.2) is 28.8 Å². The minimum absolute atomic E-state index is 0.191. The molecule has 24 heavy (non-hydrogen) atoms. The highest BCUT2D eigenvalue weighted by Gasteiger charge is 1.98. The van der Waals surface area contributed by atoms with Gasteiger partial charge in [0.2, 0.25) is 0 Å². The first kappa shape index (κ1) is 16.9. The van der Waals surface area contributed by atoms with Crippen molar-refractivity contribution in [1.29, 1.82) is 0 Å². The number of phenolic OH excluding ortho intramolecular Hbond substituents is 4. The summed E-state index contributed by atoms with van der Waals surface area (Å²) < 4.78 is 0. The van der Waals surface area contributed by atoms with Crippen molar-refractivity contribution < 1.29 is 25.2 Å². The lowest BCUT2D eigenvalue weighted by Gasteiger charge is -1.98. The number of rotatable bonds is 5. The quantitative estimate of drug-likeness (QED) is 0.384. The van der Waals surface area contributed by atoms with Crippen LogP contribution < -0.4 is 0 Å². The van der Waals surface area contributed by atoms with Crippen LogP contribution in [-0.4, -0.2) is 26.2 Å². The summed E-state index contributed by atoms with van der Waals surface area (Å²) in [6.45, 7) is 0. The predicted molar refractivity (Wildman–Crippen MR) is 91.8 cm³/mol. The Bertz CT molecular complexity index is 832. The van der Waals surface area contributed by atoms with Gasteiger partial charge in [0.05, 0.1) is 0 Å². The Kier molecular flexibility index (Phi) is 5.41. The van der Waals surface area contributed by atoms with Crippen LogP contribution in [0.2, 0.25) is 0 Å². The van der Waals surface area contributed by atoms with Crippen molar-refractivity contribution in [3.05, 3.63) is 71.8 Å². The molecule has 0 saturated carbocycles. The largest absolute Gasteiger partial charge is 0.504 e. The predicted octanol–water partition coefficient (Wildman–Crippen LogP) is 3.36. The van der Waals surface area contributed by atoms with E-state index in [0.717, 1.165) is 0 Å². The molecule has 0 saturated heterocycles.